The summed E-state index contributed by atoms with van der Waals surface area (Å²) < 4.78 is 5.81. The van der Waals surface area contributed by atoms with E-state index >= 15 is 0 Å². The Hall–Kier alpha value is -1.28. The Morgan fingerprint density at radius 1 is 1.32 bits per heavy atom. The number of benzene rings is 1. The first kappa shape index (κ1) is 14.1. The molecule has 0 aromatic heterocycles. The molecule has 1 aliphatic heterocycles. The monoisotopic (exact) mass is 259 g/mol. The molecule has 0 bridgehead atoms. The summed E-state index contributed by atoms with van der Waals surface area (Å²) in [5.41, 5.74) is 7.63. The maximum atomic E-state index is 6.32. The fourth-order valence-electron chi connectivity index (χ4n) is 2.71. The zero-order valence-corrected chi connectivity index (χ0v) is 11.7. The Labute approximate surface area is 116 Å². The molecule has 104 valence electrons. The molecule has 1 aliphatic rings. The van der Waals surface area contributed by atoms with E-state index in [0.717, 1.165) is 31.6 Å². The maximum absolute atomic E-state index is 6.32. The molecule has 2 unspecified atom stereocenters. The second kappa shape index (κ2) is 7.34. The van der Waals surface area contributed by atoms with Gasteiger partial charge in [-0.05, 0) is 37.3 Å². The molecule has 0 spiro atoms. The van der Waals surface area contributed by atoms with Crippen molar-refractivity contribution >= 4 is 0 Å². The highest BCUT2D eigenvalue weighted by molar-refractivity contribution is 5.35. The maximum Gasteiger partial charge on any atom is 0.122 e. The van der Waals surface area contributed by atoms with E-state index in [1.54, 1.807) is 0 Å². The first-order valence-corrected chi connectivity index (χ1v) is 7.38. The third kappa shape index (κ3) is 4.10. The number of rotatable bonds is 7. The number of para-hydroxylation sites is 1. The second-order valence-electron chi connectivity index (χ2n) is 5.47. The molecule has 2 nitrogen and oxygen atoms in total. The number of unbranched alkanes of at least 4 members (excludes halogenated alkanes) is 3. The van der Waals surface area contributed by atoms with Crippen molar-refractivity contribution in [3.05, 3.63) is 42.5 Å². The van der Waals surface area contributed by atoms with Crippen molar-refractivity contribution in [3.63, 3.8) is 0 Å². The van der Waals surface area contributed by atoms with E-state index in [-0.39, 0.29) is 6.04 Å². The minimum atomic E-state index is 0.261. The van der Waals surface area contributed by atoms with Crippen molar-refractivity contribution in [2.45, 2.75) is 44.6 Å². The Kier molecular flexibility index (Phi) is 5.46. The standard InChI is InChI=1S/C17H25NO/c1-2-3-4-5-6-10-16(18)15-12-14-9-7-8-11-17(14)19-13-15/h2,7-9,11,15-16H,1,3-6,10,12-13,18H2. The van der Waals surface area contributed by atoms with E-state index < -0.39 is 0 Å². The summed E-state index contributed by atoms with van der Waals surface area (Å²) in [6, 6.07) is 8.56. The molecule has 0 fully saturated rings. The molecule has 1 aromatic carbocycles. The summed E-state index contributed by atoms with van der Waals surface area (Å²) in [6.45, 7) is 4.52. The molecular weight excluding hydrogens is 234 g/mol. The zero-order valence-electron chi connectivity index (χ0n) is 11.7. The highest BCUT2D eigenvalue weighted by Crippen LogP contribution is 2.28. The average molecular weight is 259 g/mol. The second-order valence-corrected chi connectivity index (χ2v) is 5.47. The molecule has 2 atom stereocenters. The zero-order chi connectivity index (χ0) is 13.5. The van der Waals surface area contributed by atoms with Crippen LogP contribution in [0.1, 0.15) is 37.7 Å². The minimum Gasteiger partial charge on any atom is -0.493 e. The van der Waals surface area contributed by atoms with E-state index in [4.69, 9.17) is 10.5 Å². The smallest absolute Gasteiger partial charge is 0.122 e. The van der Waals surface area contributed by atoms with Crippen molar-refractivity contribution in [3.8, 4) is 5.75 Å². The summed E-state index contributed by atoms with van der Waals surface area (Å²) in [5, 5.41) is 0. The lowest BCUT2D eigenvalue weighted by atomic mass is 9.88. The number of hydrogen-bond donors (Lipinski definition) is 1. The van der Waals surface area contributed by atoms with Gasteiger partial charge >= 0.3 is 0 Å². The number of nitrogens with two attached hydrogens (primary N) is 1. The van der Waals surface area contributed by atoms with Crippen LogP contribution in [0.5, 0.6) is 5.75 Å². The third-order valence-corrected chi connectivity index (χ3v) is 3.96. The number of ether oxygens (including phenoxy) is 1. The molecular formula is C17H25NO. The lowest BCUT2D eigenvalue weighted by Gasteiger charge is -2.29. The van der Waals surface area contributed by atoms with Crippen molar-refractivity contribution in [2.24, 2.45) is 11.7 Å². The third-order valence-electron chi connectivity index (χ3n) is 3.96. The largest absolute Gasteiger partial charge is 0.493 e. The lowest BCUT2D eigenvalue weighted by molar-refractivity contribution is 0.194. The number of allylic oxidation sites excluding steroid dienone is 1. The van der Waals surface area contributed by atoms with Gasteiger partial charge in [0.15, 0.2) is 0 Å². The van der Waals surface area contributed by atoms with Gasteiger partial charge in [0.1, 0.15) is 5.75 Å². The van der Waals surface area contributed by atoms with E-state index in [2.05, 4.69) is 18.7 Å². The first-order valence-electron chi connectivity index (χ1n) is 7.38. The quantitative estimate of drug-likeness (QED) is 0.598. The molecule has 0 saturated carbocycles. The molecule has 1 heterocycles. The Morgan fingerprint density at radius 3 is 3.00 bits per heavy atom. The van der Waals surface area contributed by atoms with E-state index in [9.17, 15) is 0 Å². The Morgan fingerprint density at radius 2 is 2.16 bits per heavy atom. The van der Waals surface area contributed by atoms with Crippen LogP contribution in [0.2, 0.25) is 0 Å². The first-order chi connectivity index (χ1) is 9.31. The van der Waals surface area contributed by atoms with E-state index in [0.29, 0.717) is 5.92 Å². The SMILES string of the molecule is C=CCCCCCC(N)C1COc2ccccc2C1. The van der Waals surface area contributed by atoms with Gasteiger partial charge in [-0.3, -0.25) is 0 Å². The van der Waals surface area contributed by atoms with Crippen LogP contribution in [0.4, 0.5) is 0 Å². The van der Waals surface area contributed by atoms with E-state index in [1.807, 2.05) is 18.2 Å². The van der Waals surface area contributed by atoms with Crippen LogP contribution >= 0.6 is 0 Å². The van der Waals surface area contributed by atoms with Crippen molar-refractivity contribution in [2.75, 3.05) is 6.61 Å². The van der Waals surface area contributed by atoms with Gasteiger partial charge in [0, 0.05) is 12.0 Å². The van der Waals surface area contributed by atoms with E-state index in [1.165, 1.54) is 24.8 Å². The fraction of sp³-hybridized carbons (Fsp3) is 0.529. The van der Waals surface area contributed by atoms with Gasteiger partial charge in [0.2, 0.25) is 0 Å². The minimum absolute atomic E-state index is 0.261. The summed E-state index contributed by atoms with van der Waals surface area (Å²) in [6.07, 6.45) is 8.98. The van der Waals surface area contributed by atoms with Gasteiger partial charge in [-0.25, -0.2) is 0 Å². The van der Waals surface area contributed by atoms with Gasteiger partial charge in [-0.1, -0.05) is 37.1 Å². The molecule has 0 aliphatic carbocycles. The molecule has 0 radical (unpaired) electrons. The summed E-state index contributed by atoms with van der Waals surface area (Å²) >= 11 is 0. The molecule has 19 heavy (non-hydrogen) atoms. The Balaban J connectivity index is 1.75. The fourth-order valence-corrected chi connectivity index (χ4v) is 2.71. The Bertz CT molecular complexity index is 402. The molecule has 0 amide bonds. The van der Waals surface area contributed by atoms with Crippen LogP contribution < -0.4 is 10.5 Å². The summed E-state index contributed by atoms with van der Waals surface area (Å²) in [7, 11) is 0. The predicted octanol–water partition coefficient (Wildman–Crippen LogP) is 3.70. The average Bonchev–Trinajstić information content (AvgIpc) is 2.46. The predicted molar refractivity (Wildman–Crippen MR) is 80.4 cm³/mol. The van der Waals surface area contributed by atoms with Crippen LogP contribution in [0.25, 0.3) is 0 Å². The number of hydrogen-bond acceptors (Lipinski definition) is 2. The summed E-state index contributed by atoms with van der Waals surface area (Å²) in [4.78, 5) is 0. The van der Waals surface area contributed by atoms with Crippen molar-refractivity contribution in [1.82, 2.24) is 0 Å². The van der Waals surface area contributed by atoms with Crippen LogP contribution in [-0.2, 0) is 6.42 Å². The molecule has 2 rings (SSSR count). The molecule has 0 saturated heterocycles. The normalized spacial score (nSPS) is 19.3. The lowest BCUT2D eigenvalue weighted by Crippen LogP contribution is -2.37. The van der Waals surface area contributed by atoms with Crippen molar-refractivity contribution < 1.29 is 4.74 Å². The van der Waals surface area contributed by atoms with Gasteiger partial charge in [-0.15, -0.1) is 6.58 Å². The van der Waals surface area contributed by atoms with Gasteiger partial charge in [0.25, 0.3) is 0 Å². The topological polar surface area (TPSA) is 35.2 Å². The van der Waals surface area contributed by atoms with Crippen LogP contribution in [0.3, 0.4) is 0 Å². The van der Waals surface area contributed by atoms with Gasteiger partial charge in [0.05, 0.1) is 6.61 Å². The molecule has 2 N–H and O–H groups in total. The van der Waals surface area contributed by atoms with Gasteiger partial charge in [-0.2, -0.15) is 0 Å². The highest BCUT2D eigenvalue weighted by atomic mass is 16.5. The van der Waals surface area contributed by atoms with Crippen LogP contribution in [0, 0.1) is 5.92 Å². The summed E-state index contributed by atoms with van der Waals surface area (Å²) in [5.74, 6) is 1.51. The van der Waals surface area contributed by atoms with Crippen LogP contribution in [-0.4, -0.2) is 12.6 Å². The highest BCUT2D eigenvalue weighted by Gasteiger charge is 2.24. The molecule has 2 heteroatoms. The van der Waals surface area contributed by atoms with Crippen LogP contribution in [0.15, 0.2) is 36.9 Å². The van der Waals surface area contributed by atoms with Crippen molar-refractivity contribution in [1.29, 1.82) is 0 Å². The molecule has 1 aromatic rings. The number of fused-ring (bicyclic) bond motifs is 1. The van der Waals surface area contributed by atoms with Gasteiger partial charge < -0.3 is 10.5 Å².